The third-order valence-electron chi connectivity index (χ3n) is 5.81. The summed E-state index contributed by atoms with van der Waals surface area (Å²) in [6.07, 6.45) is 1.99. The number of nitrogens with zero attached hydrogens (tertiary/aromatic N) is 2. The number of hydrogen-bond acceptors (Lipinski definition) is 5. The van der Waals surface area contributed by atoms with E-state index >= 15 is 0 Å². The second-order valence-electron chi connectivity index (χ2n) is 8.60. The summed E-state index contributed by atoms with van der Waals surface area (Å²) in [4.78, 5) is 28.3. The molecule has 2 atom stereocenters. The predicted molar refractivity (Wildman–Crippen MR) is 149 cm³/mol. The minimum atomic E-state index is -3.95. The van der Waals surface area contributed by atoms with Gasteiger partial charge in [-0.1, -0.05) is 54.7 Å². The van der Waals surface area contributed by atoms with Crippen molar-refractivity contribution < 1.29 is 22.7 Å². The molecule has 0 radical (unpaired) electrons. The first-order valence-corrected chi connectivity index (χ1v) is 14.7. The van der Waals surface area contributed by atoms with Crippen molar-refractivity contribution in [3.05, 3.63) is 57.0 Å². The lowest BCUT2D eigenvalue weighted by Crippen LogP contribution is -2.53. The predicted octanol–water partition coefficient (Wildman–Crippen LogP) is 5.14. The SMILES string of the molecule is CC[C@@H](C)NC(=O)[C@H](CC)N(Cc1ccc(Cl)c(Cl)c1)C(=O)CN(c1cc(Cl)ccc1OC)S(C)(=O)=O. The number of anilines is 1. The van der Waals surface area contributed by atoms with Gasteiger partial charge >= 0.3 is 0 Å². The Kier molecular flexibility index (Phi) is 11.4. The Morgan fingerprint density at radius 2 is 1.70 bits per heavy atom. The summed E-state index contributed by atoms with van der Waals surface area (Å²) in [5, 5.41) is 3.83. The molecule has 0 spiro atoms. The molecule has 0 saturated carbocycles. The summed E-state index contributed by atoms with van der Waals surface area (Å²) in [5.74, 6) is -0.707. The van der Waals surface area contributed by atoms with Crippen molar-refractivity contribution in [2.45, 2.75) is 52.2 Å². The monoisotopic (exact) mass is 591 g/mol. The van der Waals surface area contributed by atoms with Gasteiger partial charge < -0.3 is 15.0 Å². The number of nitrogens with one attached hydrogen (secondary N) is 1. The van der Waals surface area contributed by atoms with Crippen molar-refractivity contribution in [1.29, 1.82) is 0 Å². The number of methoxy groups -OCH3 is 1. The number of hydrogen-bond donors (Lipinski definition) is 1. The third kappa shape index (κ3) is 8.40. The molecule has 0 unspecified atom stereocenters. The largest absolute Gasteiger partial charge is 0.495 e. The Bertz CT molecular complexity index is 1230. The van der Waals surface area contributed by atoms with E-state index in [2.05, 4.69) is 5.32 Å². The van der Waals surface area contributed by atoms with E-state index in [-0.39, 0.29) is 35.0 Å². The van der Waals surface area contributed by atoms with Crippen LogP contribution in [0.4, 0.5) is 5.69 Å². The number of ether oxygens (including phenoxy) is 1. The highest BCUT2D eigenvalue weighted by molar-refractivity contribution is 7.92. The minimum Gasteiger partial charge on any atom is -0.495 e. The molecule has 0 aliphatic carbocycles. The van der Waals surface area contributed by atoms with Crippen molar-refractivity contribution in [2.24, 2.45) is 0 Å². The standard InChI is InChI=1S/C25H32Cl3N3O5S/c1-6-16(3)29-25(33)21(7-2)30(14-17-8-10-19(27)20(28)12-17)24(32)15-31(37(5,34)35)22-13-18(26)9-11-23(22)36-4/h8-13,16,21H,6-7,14-15H2,1-5H3,(H,29,33)/t16-,21+/m1/s1. The zero-order valence-corrected chi connectivity index (χ0v) is 24.5. The van der Waals surface area contributed by atoms with Gasteiger partial charge in [-0.2, -0.15) is 0 Å². The zero-order chi connectivity index (χ0) is 27.9. The van der Waals surface area contributed by atoms with Crippen LogP contribution in [-0.2, 0) is 26.2 Å². The van der Waals surface area contributed by atoms with E-state index in [1.807, 2.05) is 13.8 Å². The van der Waals surface area contributed by atoms with E-state index in [4.69, 9.17) is 39.5 Å². The van der Waals surface area contributed by atoms with Crippen molar-refractivity contribution in [3.63, 3.8) is 0 Å². The van der Waals surface area contributed by atoms with Crippen LogP contribution in [0.25, 0.3) is 0 Å². The van der Waals surface area contributed by atoms with E-state index in [0.29, 0.717) is 28.5 Å². The summed E-state index contributed by atoms with van der Waals surface area (Å²) < 4.78 is 31.9. The molecule has 2 amide bonds. The van der Waals surface area contributed by atoms with E-state index in [1.54, 1.807) is 31.2 Å². The fraction of sp³-hybridized carbons (Fsp3) is 0.440. The van der Waals surface area contributed by atoms with Crippen molar-refractivity contribution in [1.82, 2.24) is 10.2 Å². The molecule has 1 N–H and O–H groups in total. The highest BCUT2D eigenvalue weighted by Gasteiger charge is 2.33. The molecule has 12 heteroatoms. The molecule has 0 bridgehead atoms. The van der Waals surface area contributed by atoms with Gasteiger partial charge in [0.05, 0.1) is 29.1 Å². The highest BCUT2D eigenvalue weighted by atomic mass is 35.5. The van der Waals surface area contributed by atoms with Crippen LogP contribution in [0.3, 0.4) is 0 Å². The normalized spacial score (nSPS) is 13.0. The van der Waals surface area contributed by atoms with Crippen LogP contribution < -0.4 is 14.4 Å². The average Bonchev–Trinajstić information content (AvgIpc) is 2.83. The number of sulfonamides is 1. The Morgan fingerprint density at radius 1 is 1.03 bits per heavy atom. The number of carbonyl (C=O) groups excluding carboxylic acids is 2. The third-order valence-corrected chi connectivity index (χ3v) is 7.91. The molecule has 8 nitrogen and oxygen atoms in total. The average molecular weight is 593 g/mol. The van der Waals surface area contributed by atoms with Crippen LogP contribution in [0.5, 0.6) is 5.75 Å². The van der Waals surface area contributed by atoms with Crippen LogP contribution in [0, 0.1) is 0 Å². The van der Waals surface area contributed by atoms with E-state index < -0.39 is 28.5 Å². The quantitative estimate of drug-likeness (QED) is 0.368. The molecular weight excluding hydrogens is 561 g/mol. The van der Waals surface area contributed by atoms with Crippen molar-refractivity contribution in [3.8, 4) is 5.75 Å². The maximum atomic E-state index is 13.8. The molecule has 204 valence electrons. The fourth-order valence-corrected chi connectivity index (χ4v) is 4.98. The molecule has 2 aromatic rings. The first kappa shape index (κ1) is 31.0. The Morgan fingerprint density at radius 3 is 2.24 bits per heavy atom. The smallest absolute Gasteiger partial charge is 0.244 e. The van der Waals surface area contributed by atoms with Crippen LogP contribution in [0.15, 0.2) is 36.4 Å². The second kappa shape index (κ2) is 13.6. The number of amides is 2. The van der Waals surface area contributed by atoms with Crippen molar-refractivity contribution >= 4 is 62.3 Å². The molecule has 0 aromatic heterocycles. The molecule has 37 heavy (non-hydrogen) atoms. The first-order chi connectivity index (χ1) is 17.3. The lowest BCUT2D eigenvalue weighted by molar-refractivity contribution is -0.140. The maximum absolute atomic E-state index is 13.8. The number of carbonyl (C=O) groups is 2. The topological polar surface area (TPSA) is 96.0 Å². The van der Waals surface area contributed by atoms with Crippen LogP contribution in [0.1, 0.15) is 39.2 Å². The van der Waals surface area contributed by atoms with Gasteiger partial charge in [0.25, 0.3) is 0 Å². The lowest BCUT2D eigenvalue weighted by Gasteiger charge is -2.33. The molecule has 2 rings (SSSR count). The zero-order valence-electron chi connectivity index (χ0n) is 21.4. The van der Waals surface area contributed by atoms with E-state index in [9.17, 15) is 18.0 Å². The molecule has 0 fully saturated rings. The van der Waals surface area contributed by atoms with Gasteiger partial charge in [0, 0.05) is 17.6 Å². The lowest BCUT2D eigenvalue weighted by atomic mass is 10.1. The van der Waals surface area contributed by atoms with Crippen LogP contribution >= 0.6 is 34.8 Å². The minimum absolute atomic E-state index is 0.00639. The first-order valence-electron chi connectivity index (χ1n) is 11.7. The summed E-state index contributed by atoms with van der Waals surface area (Å²) in [6, 6.07) is 8.41. The van der Waals surface area contributed by atoms with Gasteiger partial charge in [-0.25, -0.2) is 8.42 Å². The van der Waals surface area contributed by atoms with Gasteiger partial charge in [-0.15, -0.1) is 0 Å². The Hall–Kier alpha value is -2.20. The highest BCUT2D eigenvalue weighted by Crippen LogP contribution is 2.33. The molecule has 0 heterocycles. The van der Waals surface area contributed by atoms with Gasteiger partial charge in [0.15, 0.2) is 0 Å². The van der Waals surface area contributed by atoms with Gasteiger partial charge in [-0.3, -0.25) is 13.9 Å². The second-order valence-corrected chi connectivity index (χ2v) is 11.8. The van der Waals surface area contributed by atoms with Gasteiger partial charge in [0.2, 0.25) is 21.8 Å². The molecule has 0 saturated heterocycles. The van der Waals surface area contributed by atoms with Gasteiger partial charge in [0.1, 0.15) is 18.3 Å². The Balaban J connectivity index is 2.53. The van der Waals surface area contributed by atoms with Gasteiger partial charge in [-0.05, 0) is 55.7 Å². The summed E-state index contributed by atoms with van der Waals surface area (Å²) in [5.41, 5.74) is 0.737. The number of rotatable bonds is 12. The van der Waals surface area contributed by atoms with E-state index in [1.165, 1.54) is 24.1 Å². The molecule has 0 aliphatic rings. The number of benzene rings is 2. The van der Waals surface area contributed by atoms with Crippen LogP contribution in [0.2, 0.25) is 15.1 Å². The summed E-state index contributed by atoms with van der Waals surface area (Å²) in [6.45, 7) is 5.01. The van der Waals surface area contributed by atoms with Crippen LogP contribution in [-0.4, -0.2) is 57.1 Å². The summed E-state index contributed by atoms with van der Waals surface area (Å²) >= 11 is 18.4. The molecule has 2 aromatic carbocycles. The molecule has 0 aliphatic heterocycles. The van der Waals surface area contributed by atoms with E-state index in [0.717, 1.165) is 10.6 Å². The maximum Gasteiger partial charge on any atom is 0.244 e. The molecular formula is C25H32Cl3N3O5S. The summed E-state index contributed by atoms with van der Waals surface area (Å²) in [7, 11) is -2.56. The fourth-order valence-electron chi connectivity index (χ4n) is 3.65. The Labute approximate surface area is 233 Å². The number of halogens is 3. The van der Waals surface area contributed by atoms with Crippen molar-refractivity contribution in [2.75, 3.05) is 24.2 Å².